The Labute approximate surface area is 203 Å². The number of imide groups is 1. The van der Waals surface area contributed by atoms with Crippen LogP contribution in [-0.2, 0) is 9.59 Å². The van der Waals surface area contributed by atoms with Crippen molar-refractivity contribution in [3.8, 4) is 17.1 Å². The van der Waals surface area contributed by atoms with Gasteiger partial charge in [0, 0.05) is 29.8 Å². The summed E-state index contributed by atoms with van der Waals surface area (Å²) in [4.78, 5) is 41.0. The lowest BCUT2D eigenvalue weighted by Crippen LogP contribution is -2.31. The zero-order valence-electron chi connectivity index (χ0n) is 18.5. The van der Waals surface area contributed by atoms with E-state index < -0.39 is 5.25 Å². The number of carbonyl (C=O) groups is 2. The van der Waals surface area contributed by atoms with Crippen molar-refractivity contribution in [2.45, 2.75) is 16.8 Å². The van der Waals surface area contributed by atoms with E-state index in [1.807, 2.05) is 36.4 Å². The Bertz CT molecular complexity index is 1590. The summed E-state index contributed by atoms with van der Waals surface area (Å²) in [6, 6.07) is 18.2. The highest BCUT2D eigenvalue weighted by Gasteiger charge is 2.41. The molecule has 0 saturated carbocycles. The van der Waals surface area contributed by atoms with Crippen molar-refractivity contribution in [2.24, 2.45) is 0 Å². The van der Waals surface area contributed by atoms with E-state index in [0.29, 0.717) is 28.1 Å². The molecule has 1 atom stereocenters. The summed E-state index contributed by atoms with van der Waals surface area (Å²) in [6.45, 7) is 0. The number of carbonyl (C=O) groups excluding carboxylic acids is 2. The number of hydrogen-bond acceptors (Lipinski definition) is 8. The van der Waals surface area contributed by atoms with Crippen molar-refractivity contribution >= 4 is 45.8 Å². The third-order valence-electron chi connectivity index (χ3n) is 5.75. The van der Waals surface area contributed by atoms with Crippen LogP contribution >= 0.6 is 11.8 Å². The molecule has 0 unspecified atom stereocenters. The number of para-hydroxylation sites is 1. The summed E-state index contributed by atoms with van der Waals surface area (Å²) in [5, 5.41) is 5.37. The molecule has 1 saturated heterocycles. The van der Waals surface area contributed by atoms with Gasteiger partial charge in [0.15, 0.2) is 16.6 Å². The molecule has 0 radical (unpaired) electrons. The Morgan fingerprint density at radius 1 is 1.00 bits per heavy atom. The van der Waals surface area contributed by atoms with Crippen LogP contribution < -0.4 is 9.64 Å². The molecule has 1 fully saturated rings. The van der Waals surface area contributed by atoms with Crippen LogP contribution in [0, 0.1) is 0 Å². The van der Waals surface area contributed by atoms with E-state index in [-0.39, 0.29) is 18.2 Å². The normalized spacial score (nSPS) is 15.9. The van der Waals surface area contributed by atoms with Crippen molar-refractivity contribution in [2.75, 3.05) is 12.0 Å². The maximum atomic E-state index is 13.3. The minimum absolute atomic E-state index is 0.0652. The van der Waals surface area contributed by atoms with Crippen LogP contribution in [0.25, 0.3) is 27.9 Å². The van der Waals surface area contributed by atoms with Crippen LogP contribution in [0.15, 0.2) is 78.2 Å². The van der Waals surface area contributed by atoms with E-state index in [2.05, 4.69) is 10.1 Å². The first-order chi connectivity index (χ1) is 17.1. The Balaban J connectivity index is 1.39. The molecule has 10 heteroatoms. The number of amides is 2. The van der Waals surface area contributed by atoms with E-state index in [1.54, 1.807) is 48.3 Å². The fourth-order valence-corrected chi connectivity index (χ4v) is 5.11. The lowest BCUT2D eigenvalue weighted by molar-refractivity contribution is -0.121. The number of methoxy groups -OCH3 is 1. The van der Waals surface area contributed by atoms with E-state index in [0.717, 1.165) is 16.5 Å². The molecule has 1 aliphatic rings. The second-order valence-electron chi connectivity index (χ2n) is 7.90. The Hall–Kier alpha value is -4.31. The van der Waals surface area contributed by atoms with Gasteiger partial charge in [-0.3, -0.25) is 14.6 Å². The molecule has 2 aromatic carbocycles. The Kier molecular flexibility index (Phi) is 5.14. The number of ether oxygens (including phenoxy) is 1. The van der Waals surface area contributed by atoms with Gasteiger partial charge in [0.1, 0.15) is 11.0 Å². The molecule has 172 valence electrons. The highest BCUT2D eigenvalue weighted by Crippen LogP contribution is 2.35. The van der Waals surface area contributed by atoms with Gasteiger partial charge in [-0.15, -0.1) is 5.10 Å². The molecule has 2 amide bonds. The van der Waals surface area contributed by atoms with Crippen molar-refractivity contribution in [1.82, 2.24) is 24.6 Å². The molecule has 0 bridgehead atoms. The minimum atomic E-state index is -0.632. The highest BCUT2D eigenvalue weighted by atomic mass is 32.2. The molecule has 1 aliphatic heterocycles. The maximum absolute atomic E-state index is 13.3. The number of nitrogens with zero attached hydrogens (tertiary/aromatic N) is 6. The predicted octanol–water partition coefficient (Wildman–Crippen LogP) is 3.77. The number of pyridine rings is 1. The van der Waals surface area contributed by atoms with Crippen molar-refractivity contribution in [3.63, 3.8) is 0 Å². The van der Waals surface area contributed by atoms with Gasteiger partial charge in [-0.2, -0.15) is 4.52 Å². The zero-order valence-corrected chi connectivity index (χ0v) is 19.3. The fraction of sp³-hybridized carbons (Fsp3) is 0.120. The monoisotopic (exact) mass is 482 g/mol. The van der Waals surface area contributed by atoms with Crippen LogP contribution in [0.5, 0.6) is 5.75 Å². The van der Waals surface area contributed by atoms with E-state index in [1.165, 1.54) is 16.7 Å². The first-order valence-corrected chi connectivity index (χ1v) is 11.7. The van der Waals surface area contributed by atoms with Gasteiger partial charge < -0.3 is 4.74 Å². The van der Waals surface area contributed by atoms with Gasteiger partial charge in [0.2, 0.25) is 11.8 Å². The van der Waals surface area contributed by atoms with Gasteiger partial charge in [-0.05, 0) is 48.5 Å². The van der Waals surface area contributed by atoms with E-state index in [9.17, 15) is 9.59 Å². The summed E-state index contributed by atoms with van der Waals surface area (Å²) in [5.41, 5.74) is 2.64. The van der Waals surface area contributed by atoms with Gasteiger partial charge in [0.25, 0.3) is 0 Å². The van der Waals surface area contributed by atoms with Gasteiger partial charge in [0.05, 0.1) is 18.3 Å². The van der Waals surface area contributed by atoms with E-state index in [4.69, 9.17) is 14.7 Å². The number of anilines is 1. The zero-order chi connectivity index (χ0) is 23.9. The summed E-state index contributed by atoms with van der Waals surface area (Å²) in [6.07, 6.45) is 3.45. The van der Waals surface area contributed by atoms with Crippen LogP contribution in [0.3, 0.4) is 0 Å². The molecular weight excluding hydrogens is 464 g/mol. The summed E-state index contributed by atoms with van der Waals surface area (Å²) < 4.78 is 6.82. The van der Waals surface area contributed by atoms with Crippen molar-refractivity contribution < 1.29 is 14.3 Å². The molecule has 0 aliphatic carbocycles. The number of hydrogen-bond donors (Lipinski definition) is 0. The fourth-order valence-electron chi connectivity index (χ4n) is 4.05. The first-order valence-electron chi connectivity index (χ1n) is 10.9. The van der Waals surface area contributed by atoms with Crippen LogP contribution in [0.4, 0.5) is 5.69 Å². The number of aromatic nitrogens is 5. The van der Waals surface area contributed by atoms with Gasteiger partial charge in [-0.25, -0.2) is 14.9 Å². The molecule has 35 heavy (non-hydrogen) atoms. The molecule has 0 N–H and O–H groups in total. The summed E-state index contributed by atoms with van der Waals surface area (Å²) in [5.74, 6) is 0.606. The number of rotatable bonds is 5. The largest absolute Gasteiger partial charge is 0.497 e. The van der Waals surface area contributed by atoms with E-state index >= 15 is 0 Å². The standard InChI is InChI=1S/C25H18N6O3S/c1-34-17-10-8-16(9-11-17)30-21(32)13-20(24(30)33)35-25-27-19-7-3-2-6-18(19)23-28-22(29-31(23)25)15-5-4-12-26-14-15/h2-12,14,20H,13H2,1H3/t20-/m0/s1. The number of thioether (sulfide) groups is 1. The number of benzene rings is 2. The summed E-state index contributed by atoms with van der Waals surface area (Å²) in [7, 11) is 1.56. The molecule has 0 spiro atoms. The summed E-state index contributed by atoms with van der Waals surface area (Å²) >= 11 is 1.22. The molecule has 9 nitrogen and oxygen atoms in total. The number of fused-ring (bicyclic) bond motifs is 3. The van der Waals surface area contributed by atoms with Crippen molar-refractivity contribution in [1.29, 1.82) is 0 Å². The third kappa shape index (κ3) is 3.68. The molecule has 5 aromatic rings. The first kappa shape index (κ1) is 21.2. The molecular formula is C25H18N6O3S. The Morgan fingerprint density at radius 3 is 2.60 bits per heavy atom. The molecule has 6 rings (SSSR count). The maximum Gasteiger partial charge on any atom is 0.247 e. The van der Waals surface area contributed by atoms with Crippen LogP contribution in [0.2, 0.25) is 0 Å². The van der Waals surface area contributed by atoms with Crippen LogP contribution in [0.1, 0.15) is 6.42 Å². The quantitative estimate of drug-likeness (QED) is 0.276. The van der Waals surface area contributed by atoms with Gasteiger partial charge in [-0.1, -0.05) is 23.9 Å². The van der Waals surface area contributed by atoms with Crippen molar-refractivity contribution in [3.05, 3.63) is 73.1 Å². The average Bonchev–Trinajstić information content (AvgIpc) is 3.46. The second kappa shape index (κ2) is 8.48. The molecule has 4 heterocycles. The minimum Gasteiger partial charge on any atom is -0.497 e. The molecule has 3 aromatic heterocycles. The van der Waals surface area contributed by atoms with Crippen LogP contribution in [-0.4, -0.2) is 48.7 Å². The third-order valence-corrected chi connectivity index (χ3v) is 6.88. The van der Waals surface area contributed by atoms with Gasteiger partial charge >= 0.3 is 0 Å². The highest BCUT2D eigenvalue weighted by molar-refractivity contribution is 8.00. The smallest absolute Gasteiger partial charge is 0.247 e. The average molecular weight is 483 g/mol. The lowest BCUT2D eigenvalue weighted by atomic mass is 10.2. The Morgan fingerprint density at radius 2 is 1.83 bits per heavy atom. The topological polar surface area (TPSA) is 103 Å². The SMILES string of the molecule is COc1ccc(N2C(=O)C[C@H](Sc3nc4ccccc4c4nc(-c5cccnc5)nn34)C2=O)cc1. The lowest BCUT2D eigenvalue weighted by Gasteiger charge is -2.15. The second-order valence-corrected chi connectivity index (χ2v) is 9.07. The predicted molar refractivity (Wildman–Crippen MR) is 131 cm³/mol.